The molecule has 4 atom stereocenters. The highest BCUT2D eigenvalue weighted by Crippen LogP contribution is 2.61. The minimum Gasteiger partial charge on any atom is -0.338 e. The number of nitrogens with zero attached hydrogens (tertiary/aromatic N) is 3. The molecule has 0 radical (unpaired) electrons. The molecule has 0 amide bonds. The Labute approximate surface area is 373 Å². The molecule has 0 saturated carbocycles. The standard InChI is InChI=1S/C59H52BN3/c1-58(2,3)46-31-35-49(36-32-46)62-53-26-17-27-54-57(53)60(52-38-37-51(40-55(52)62)61(47-22-13-7-14-23-47)48-24-15-8-16-25-48)59(4)41-45(43-20-11-6-12-21-43)30-39-56(59)63(54)50-33-28-44(29-34-50)42-18-9-5-10-19-42/h5-41,53,56-57H,1-4H3. The van der Waals surface area contributed by atoms with E-state index in [2.05, 4.69) is 267 Å². The van der Waals surface area contributed by atoms with Crippen LogP contribution < -0.4 is 20.2 Å². The Hall–Kier alpha value is -7.04. The lowest BCUT2D eigenvalue weighted by atomic mass is 9.19. The second-order valence-electron chi connectivity index (χ2n) is 18.8. The van der Waals surface area contributed by atoms with Gasteiger partial charge >= 0.3 is 0 Å². The lowest BCUT2D eigenvalue weighted by Gasteiger charge is -2.61. The topological polar surface area (TPSA) is 9.72 Å². The lowest BCUT2D eigenvalue weighted by molar-refractivity contribution is 0.533. The van der Waals surface area contributed by atoms with Crippen LogP contribution in [0.4, 0.5) is 34.1 Å². The van der Waals surface area contributed by atoms with Gasteiger partial charge in [0.25, 0.3) is 0 Å². The lowest BCUT2D eigenvalue weighted by Crippen LogP contribution is -2.67. The number of para-hydroxylation sites is 2. The molecule has 1 fully saturated rings. The number of hydrogen-bond acceptors (Lipinski definition) is 3. The molecule has 306 valence electrons. The van der Waals surface area contributed by atoms with Gasteiger partial charge in [0.15, 0.2) is 0 Å². The molecular formula is C59H52BN3. The third kappa shape index (κ3) is 6.68. The molecule has 1 saturated heterocycles. The average molecular weight is 814 g/mol. The monoisotopic (exact) mass is 813 g/mol. The molecule has 7 aromatic rings. The fourth-order valence-electron chi connectivity index (χ4n) is 11.0. The fourth-order valence-corrected chi connectivity index (χ4v) is 11.0. The van der Waals surface area contributed by atoms with Gasteiger partial charge in [-0.05, 0) is 105 Å². The summed E-state index contributed by atoms with van der Waals surface area (Å²) in [6.07, 6.45) is 14.7. The summed E-state index contributed by atoms with van der Waals surface area (Å²) in [5, 5.41) is -0.291. The van der Waals surface area contributed by atoms with Crippen LogP contribution in [-0.2, 0) is 5.41 Å². The Kier molecular flexibility index (Phi) is 9.50. The van der Waals surface area contributed by atoms with Crippen molar-refractivity contribution in [2.75, 3.05) is 14.7 Å². The van der Waals surface area contributed by atoms with Crippen LogP contribution in [0.25, 0.3) is 16.7 Å². The summed E-state index contributed by atoms with van der Waals surface area (Å²) >= 11 is 0. The van der Waals surface area contributed by atoms with Crippen LogP contribution in [0.3, 0.4) is 0 Å². The highest BCUT2D eigenvalue weighted by atomic mass is 15.2. The van der Waals surface area contributed by atoms with E-state index in [4.69, 9.17) is 0 Å². The zero-order valence-electron chi connectivity index (χ0n) is 36.5. The summed E-state index contributed by atoms with van der Waals surface area (Å²) in [4.78, 5) is 7.73. The second kappa shape index (κ2) is 15.4. The van der Waals surface area contributed by atoms with Crippen molar-refractivity contribution in [3.8, 4) is 11.1 Å². The molecule has 0 spiro atoms. The number of benzene rings is 7. The molecule has 11 rings (SSSR count). The summed E-state index contributed by atoms with van der Waals surface area (Å²) in [5.41, 5.74) is 16.2. The first kappa shape index (κ1) is 38.9. The first-order chi connectivity index (χ1) is 30.8. The van der Waals surface area contributed by atoms with E-state index in [1.54, 1.807) is 0 Å². The third-order valence-corrected chi connectivity index (χ3v) is 14.0. The van der Waals surface area contributed by atoms with Crippen LogP contribution in [0.1, 0.15) is 38.8 Å². The van der Waals surface area contributed by atoms with Crippen molar-refractivity contribution in [2.24, 2.45) is 0 Å². The van der Waals surface area contributed by atoms with Gasteiger partial charge in [0.1, 0.15) is 0 Å². The van der Waals surface area contributed by atoms with Crippen molar-refractivity contribution >= 4 is 51.9 Å². The van der Waals surface area contributed by atoms with E-state index in [9.17, 15) is 0 Å². The maximum Gasteiger partial charge on any atom is 0.203 e. The molecule has 0 aromatic heterocycles. The predicted molar refractivity (Wildman–Crippen MR) is 269 cm³/mol. The third-order valence-electron chi connectivity index (χ3n) is 14.0. The van der Waals surface area contributed by atoms with Gasteiger partial charge in [-0.15, -0.1) is 0 Å². The first-order valence-electron chi connectivity index (χ1n) is 22.5. The van der Waals surface area contributed by atoms with Gasteiger partial charge in [-0.2, -0.15) is 0 Å². The van der Waals surface area contributed by atoms with Crippen molar-refractivity contribution < 1.29 is 0 Å². The Morgan fingerprint density at radius 2 is 1.11 bits per heavy atom. The predicted octanol–water partition coefficient (Wildman–Crippen LogP) is 14.5. The minimum atomic E-state index is -0.291. The Balaban J connectivity index is 1.14. The number of rotatable bonds is 7. The number of fused-ring (bicyclic) bond motifs is 4. The Bertz CT molecular complexity index is 2860. The van der Waals surface area contributed by atoms with Crippen LogP contribution in [-0.4, -0.2) is 18.8 Å². The number of hydrogen-bond donors (Lipinski definition) is 0. The zero-order chi connectivity index (χ0) is 42.7. The number of anilines is 6. The SMILES string of the molecule is CC(C)(C)c1ccc(N2c3cc(N(c4ccccc4)c4ccccc4)ccc3B3C4C(=CC=CC42)N(c2ccc(-c4ccccc4)cc2)C2C=CC(c4ccccc4)=CC32C)cc1. The molecular weight excluding hydrogens is 761 g/mol. The summed E-state index contributed by atoms with van der Waals surface area (Å²) in [6.45, 7) is 9.61. The van der Waals surface area contributed by atoms with Crippen LogP contribution in [0.15, 0.2) is 230 Å². The van der Waals surface area contributed by atoms with Gasteiger partial charge in [-0.1, -0.05) is 191 Å². The molecule has 0 bridgehead atoms. The van der Waals surface area contributed by atoms with E-state index in [1.807, 2.05) is 0 Å². The van der Waals surface area contributed by atoms with Crippen molar-refractivity contribution in [1.29, 1.82) is 0 Å². The van der Waals surface area contributed by atoms with E-state index in [-0.39, 0.29) is 35.3 Å². The highest BCUT2D eigenvalue weighted by Gasteiger charge is 2.61. The average Bonchev–Trinajstić information content (AvgIpc) is 3.32. The van der Waals surface area contributed by atoms with Gasteiger partial charge in [-0.3, -0.25) is 0 Å². The molecule has 4 heteroatoms. The van der Waals surface area contributed by atoms with E-state index in [0.717, 1.165) is 17.1 Å². The first-order valence-corrected chi connectivity index (χ1v) is 22.5. The van der Waals surface area contributed by atoms with E-state index >= 15 is 0 Å². The van der Waals surface area contributed by atoms with Crippen LogP contribution in [0.5, 0.6) is 0 Å². The summed E-state index contributed by atoms with van der Waals surface area (Å²) < 4.78 is 0. The van der Waals surface area contributed by atoms with Gasteiger partial charge < -0.3 is 14.7 Å². The Morgan fingerprint density at radius 1 is 0.556 bits per heavy atom. The van der Waals surface area contributed by atoms with Crippen molar-refractivity contribution in [3.05, 3.63) is 241 Å². The van der Waals surface area contributed by atoms with Crippen molar-refractivity contribution in [3.63, 3.8) is 0 Å². The molecule has 2 heterocycles. The quantitative estimate of drug-likeness (QED) is 0.148. The van der Waals surface area contributed by atoms with Crippen LogP contribution >= 0.6 is 0 Å². The van der Waals surface area contributed by atoms with Crippen molar-refractivity contribution in [2.45, 2.75) is 56.3 Å². The number of allylic oxidation sites excluding steroid dienone is 4. The maximum atomic E-state index is 2.67. The van der Waals surface area contributed by atoms with Gasteiger partial charge in [-0.25, -0.2) is 0 Å². The van der Waals surface area contributed by atoms with Crippen LogP contribution in [0, 0.1) is 0 Å². The molecule has 2 aliphatic heterocycles. The van der Waals surface area contributed by atoms with Crippen molar-refractivity contribution in [1.82, 2.24) is 0 Å². The van der Waals surface area contributed by atoms with E-state index in [1.165, 1.54) is 56.0 Å². The molecule has 7 aromatic carbocycles. The smallest absolute Gasteiger partial charge is 0.203 e. The summed E-state index contributed by atoms with van der Waals surface area (Å²) in [5.74, 6) is 0.157. The summed E-state index contributed by atoms with van der Waals surface area (Å²) in [7, 11) is 0. The van der Waals surface area contributed by atoms with E-state index < -0.39 is 0 Å². The summed E-state index contributed by atoms with van der Waals surface area (Å²) in [6, 6.07) is 69.4. The largest absolute Gasteiger partial charge is 0.338 e. The van der Waals surface area contributed by atoms with Gasteiger partial charge in [0.05, 0.1) is 12.1 Å². The molecule has 2 aliphatic carbocycles. The molecule has 4 aliphatic rings. The van der Waals surface area contributed by atoms with Crippen LogP contribution in [0.2, 0.25) is 11.1 Å². The van der Waals surface area contributed by atoms with Gasteiger partial charge in [0.2, 0.25) is 6.71 Å². The van der Waals surface area contributed by atoms with Gasteiger partial charge in [0, 0.05) is 45.6 Å². The zero-order valence-corrected chi connectivity index (χ0v) is 36.5. The normalized spacial score (nSPS) is 20.9. The maximum absolute atomic E-state index is 2.67. The molecule has 3 nitrogen and oxygen atoms in total. The Morgan fingerprint density at radius 3 is 1.73 bits per heavy atom. The molecule has 0 N–H and O–H groups in total. The highest BCUT2D eigenvalue weighted by molar-refractivity contribution is 6.81. The second-order valence-corrected chi connectivity index (χ2v) is 18.8. The minimum absolute atomic E-state index is 0.0456. The fraction of sp³-hybridized carbons (Fsp3) is 0.153. The van der Waals surface area contributed by atoms with E-state index in [0.29, 0.717) is 0 Å². The molecule has 63 heavy (non-hydrogen) atoms. The molecule has 4 unspecified atom stereocenters.